The first-order valence-corrected chi connectivity index (χ1v) is 6.25. The Hall–Kier alpha value is -1.75. The fourth-order valence-electron chi connectivity index (χ4n) is 1.47. The molecule has 18 heavy (non-hydrogen) atoms. The monoisotopic (exact) mass is 305 g/mol. The lowest BCUT2D eigenvalue weighted by atomic mass is 10.1. The van der Waals surface area contributed by atoms with Crippen molar-refractivity contribution in [2.24, 2.45) is 0 Å². The molecule has 0 saturated carbocycles. The summed E-state index contributed by atoms with van der Waals surface area (Å²) in [6, 6.07) is 5.38. The van der Waals surface area contributed by atoms with Gasteiger partial charge in [0.15, 0.2) is 0 Å². The van der Waals surface area contributed by atoms with Crippen LogP contribution < -0.4 is 5.32 Å². The summed E-state index contributed by atoms with van der Waals surface area (Å²) in [5.41, 5.74) is 2.66. The Morgan fingerprint density at radius 3 is 2.83 bits per heavy atom. The van der Waals surface area contributed by atoms with Crippen LogP contribution in [0.5, 0.6) is 0 Å². The molecular formula is C13H12BrN3O. The minimum Gasteiger partial charge on any atom is -0.348 e. The molecule has 4 nitrogen and oxygen atoms in total. The summed E-state index contributed by atoms with van der Waals surface area (Å²) in [7, 11) is 0. The Balaban J connectivity index is 2.01. The summed E-state index contributed by atoms with van der Waals surface area (Å²) >= 11 is 3.23. The van der Waals surface area contributed by atoms with Crippen molar-refractivity contribution < 1.29 is 4.79 Å². The molecule has 1 amide bonds. The van der Waals surface area contributed by atoms with Gasteiger partial charge in [-0.05, 0) is 52.2 Å². The van der Waals surface area contributed by atoms with E-state index in [1.807, 2.05) is 13.0 Å². The third-order valence-electron chi connectivity index (χ3n) is 2.58. The highest BCUT2D eigenvalue weighted by molar-refractivity contribution is 9.10. The lowest BCUT2D eigenvalue weighted by Crippen LogP contribution is -2.23. The van der Waals surface area contributed by atoms with Gasteiger partial charge in [-0.25, -0.2) is 4.98 Å². The average molecular weight is 306 g/mol. The number of aromatic nitrogens is 2. The second kappa shape index (κ2) is 5.73. The Labute approximate surface area is 114 Å². The number of halogens is 1. The molecule has 0 bridgehead atoms. The third kappa shape index (κ3) is 3.13. The number of carbonyl (C=O) groups is 1. The smallest absolute Gasteiger partial charge is 0.253 e. The number of aryl methyl sites for hydroxylation is 1. The molecule has 0 aliphatic carbocycles. The minimum absolute atomic E-state index is 0.141. The maximum absolute atomic E-state index is 11.9. The molecule has 0 unspecified atom stereocenters. The molecule has 0 aliphatic heterocycles. The molecule has 0 radical (unpaired) electrons. The molecule has 2 heterocycles. The number of rotatable bonds is 3. The number of carbonyl (C=O) groups excluding carboxylic acids is 1. The summed E-state index contributed by atoms with van der Waals surface area (Å²) < 4.78 is 0.710. The number of nitrogens with one attached hydrogen (secondary N) is 1. The summed E-state index contributed by atoms with van der Waals surface area (Å²) in [6.07, 6.45) is 5.03. The van der Waals surface area contributed by atoms with E-state index >= 15 is 0 Å². The van der Waals surface area contributed by atoms with Crippen molar-refractivity contribution in [2.75, 3.05) is 0 Å². The predicted octanol–water partition coefficient (Wildman–Crippen LogP) is 2.48. The summed E-state index contributed by atoms with van der Waals surface area (Å²) in [5, 5.41) is 2.84. The van der Waals surface area contributed by atoms with Crippen LogP contribution in [0, 0.1) is 6.92 Å². The van der Waals surface area contributed by atoms with Gasteiger partial charge >= 0.3 is 0 Å². The van der Waals surface area contributed by atoms with Crippen LogP contribution >= 0.6 is 15.9 Å². The fraction of sp³-hybridized carbons (Fsp3) is 0.154. The average Bonchev–Trinajstić information content (AvgIpc) is 2.38. The van der Waals surface area contributed by atoms with Crippen LogP contribution in [0.4, 0.5) is 0 Å². The molecular weight excluding hydrogens is 294 g/mol. The molecule has 2 aromatic heterocycles. The topological polar surface area (TPSA) is 54.9 Å². The molecule has 0 atom stereocenters. The molecule has 0 aromatic carbocycles. The van der Waals surface area contributed by atoms with Crippen molar-refractivity contribution in [3.63, 3.8) is 0 Å². The number of amides is 1. The zero-order valence-corrected chi connectivity index (χ0v) is 11.4. The molecule has 0 fully saturated rings. The van der Waals surface area contributed by atoms with Crippen LogP contribution in [0.1, 0.15) is 21.5 Å². The molecule has 1 N–H and O–H groups in total. The van der Waals surface area contributed by atoms with Crippen molar-refractivity contribution in [1.29, 1.82) is 0 Å². The molecule has 2 aromatic rings. The van der Waals surface area contributed by atoms with E-state index in [0.717, 1.165) is 11.1 Å². The first-order valence-electron chi connectivity index (χ1n) is 5.46. The molecule has 0 spiro atoms. The summed E-state index contributed by atoms with van der Waals surface area (Å²) in [6.45, 7) is 2.46. The number of hydrogen-bond acceptors (Lipinski definition) is 3. The van der Waals surface area contributed by atoms with Gasteiger partial charge in [0.05, 0.1) is 5.56 Å². The third-order valence-corrected chi connectivity index (χ3v) is 3.05. The zero-order chi connectivity index (χ0) is 13.0. The van der Waals surface area contributed by atoms with Crippen molar-refractivity contribution in [2.45, 2.75) is 13.5 Å². The second-order valence-corrected chi connectivity index (χ2v) is 4.67. The van der Waals surface area contributed by atoms with Crippen LogP contribution in [0.25, 0.3) is 0 Å². The zero-order valence-electron chi connectivity index (χ0n) is 9.85. The van der Waals surface area contributed by atoms with E-state index in [0.29, 0.717) is 16.7 Å². The van der Waals surface area contributed by atoms with Crippen molar-refractivity contribution in [3.8, 4) is 0 Å². The van der Waals surface area contributed by atoms with Gasteiger partial charge in [0.1, 0.15) is 4.60 Å². The van der Waals surface area contributed by atoms with Gasteiger partial charge in [-0.15, -0.1) is 0 Å². The van der Waals surface area contributed by atoms with Crippen molar-refractivity contribution in [1.82, 2.24) is 15.3 Å². The van der Waals surface area contributed by atoms with Gasteiger partial charge in [-0.1, -0.05) is 0 Å². The first kappa shape index (κ1) is 12.7. The lowest BCUT2D eigenvalue weighted by molar-refractivity contribution is 0.0950. The minimum atomic E-state index is -0.141. The van der Waals surface area contributed by atoms with Gasteiger partial charge in [0.25, 0.3) is 5.91 Å². The van der Waals surface area contributed by atoms with Crippen molar-refractivity contribution >= 4 is 21.8 Å². The van der Waals surface area contributed by atoms with Gasteiger partial charge in [0.2, 0.25) is 0 Å². The van der Waals surface area contributed by atoms with Gasteiger partial charge in [0, 0.05) is 25.1 Å². The highest BCUT2D eigenvalue weighted by Gasteiger charge is 2.06. The maximum atomic E-state index is 11.9. The quantitative estimate of drug-likeness (QED) is 0.886. The number of nitrogens with zero attached hydrogens (tertiary/aromatic N) is 2. The van der Waals surface area contributed by atoms with E-state index in [9.17, 15) is 4.79 Å². The van der Waals surface area contributed by atoms with Crippen molar-refractivity contribution in [3.05, 3.63) is 58.1 Å². The van der Waals surface area contributed by atoms with E-state index in [1.54, 1.807) is 24.5 Å². The van der Waals surface area contributed by atoms with Gasteiger partial charge < -0.3 is 5.32 Å². The maximum Gasteiger partial charge on any atom is 0.253 e. The molecule has 5 heteroatoms. The standard InChI is InChI=1S/C13H12BrN3O/c1-9-4-5-15-6-11(9)8-17-13(18)10-2-3-12(14)16-7-10/h2-7H,8H2,1H3,(H,17,18). The largest absolute Gasteiger partial charge is 0.348 e. The fourth-order valence-corrected chi connectivity index (χ4v) is 1.70. The highest BCUT2D eigenvalue weighted by atomic mass is 79.9. The van der Waals surface area contributed by atoms with E-state index in [4.69, 9.17) is 0 Å². The molecule has 2 rings (SSSR count). The highest BCUT2D eigenvalue weighted by Crippen LogP contribution is 2.07. The number of pyridine rings is 2. The summed E-state index contributed by atoms with van der Waals surface area (Å²) in [5.74, 6) is -0.141. The van der Waals surface area contributed by atoms with Crippen LogP contribution in [-0.2, 0) is 6.54 Å². The first-order chi connectivity index (χ1) is 8.66. The van der Waals surface area contributed by atoms with Gasteiger partial charge in [-0.3, -0.25) is 9.78 Å². The van der Waals surface area contributed by atoms with E-state index < -0.39 is 0 Å². The Morgan fingerprint density at radius 2 is 2.17 bits per heavy atom. The Morgan fingerprint density at radius 1 is 1.33 bits per heavy atom. The van der Waals surface area contributed by atoms with E-state index in [1.165, 1.54) is 6.20 Å². The predicted molar refractivity (Wildman–Crippen MR) is 72.1 cm³/mol. The van der Waals surface area contributed by atoms with Crippen LogP contribution in [0.2, 0.25) is 0 Å². The van der Waals surface area contributed by atoms with E-state index in [2.05, 4.69) is 31.2 Å². The van der Waals surface area contributed by atoms with Crippen LogP contribution in [-0.4, -0.2) is 15.9 Å². The SMILES string of the molecule is Cc1ccncc1CNC(=O)c1ccc(Br)nc1. The molecule has 92 valence electrons. The normalized spacial score (nSPS) is 10.1. The Kier molecular flexibility index (Phi) is 4.04. The molecule has 0 aliphatic rings. The lowest BCUT2D eigenvalue weighted by Gasteiger charge is -2.07. The van der Waals surface area contributed by atoms with Crippen LogP contribution in [0.15, 0.2) is 41.4 Å². The van der Waals surface area contributed by atoms with E-state index in [-0.39, 0.29) is 5.91 Å². The van der Waals surface area contributed by atoms with Crippen LogP contribution in [0.3, 0.4) is 0 Å². The Bertz CT molecular complexity index is 554. The second-order valence-electron chi connectivity index (χ2n) is 3.85. The summed E-state index contributed by atoms with van der Waals surface area (Å²) in [4.78, 5) is 19.9. The number of hydrogen-bond donors (Lipinski definition) is 1. The molecule has 0 saturated heterocycles. The van der Waals surface area contributed by atoms with Gasteiger partial charge in [-0.2, -0.15) is 0 Å².